The molecule has 0 aliphatic carbocycles. The fraction of sp³-hybridized carbons (Fsp3) is 0.167. The molecular formula is C24H21F2N3O2. The molecule has 0 spiro atoms. The topological polar surface area (TPSA) is 61.4 Å². The van der Waals surface area contributed by atoms with Gasteiger partial charge in [-0.1, -0.05) is 29.8 Å². The minimum Gasteiger partial charge on any atom is -0.334 e. The predicted octanol–water partition coefficient (Wildman–Crippen LogP) is 4.80. The lowest BCUT2D eigenvalue weighted by Crippen LogP contribution is -2.30. The van der Waals surface area contributed by atoms with Crippen molar-refractivity contribution >= 4 is 23.3 Å². The molecular weight excluding hydrogens is 400 g/mol. The van der Waals surface area contributed by atoms with E-state index in [2.05, 4.69) is 10.6 Å². The Hall–Kier alpha value is -3.74. The zero-order chi connectivity index (χ0) is 22.0. The number of rotatable bonds is 4. The quantitative estimate of drug-likeness (QED) is 0.636. The van der Waals surface area contributed by atoms with Gasteiger partial charge in [0, 0.05) is 30.4 Å². The van der Waals surface area contributed by atoms with Crippen molar-refractivity contribution in [3.63, 3.8) is 0 Å². The van der Waals surface area contributed by atoms with E-state index in [0.717, 1.165) is 47.0 Å². The highest BCUT2D eigenvalue weighted by atomic mass is 19.1. The van der Waals surface area contributed by atoms with E-state index in [1.807, 2.05) is 43.3 Å². The van der Waals surface area contributed by atoms with E-state index >= 15 is 0 Å². The summed E-state index contributed by atoms with van der Waals surface area (Å²) < 4.78 is 26.9. The number of aryl methyl sites for hydroxylation is 1. The number of carbonyl (C=O) groups is 2. The van der Waals surface area contributed by atoms with Gasteiger partial charge < -0.3 is 15.5 Å². The second-order valence-corrected chi connectivity index (χ2v) is 7.47. The van der Waals surface area contributed by atoms with Crippen LogP contribution in [0.1, 0.15) is 27.0 Å². The van der Waals surface area contributed by atoms with Crippen LogP contribution in [0, 0.1) is 18.6 Å². The van der Waals surface area contributed by atoms with E-state index in [0.29, 0.717) is 12.1 Å². The van der Waals surface area contributed by atoms with Crippen LogP contribution >= 0.6 is 0 Å². The molecule has 4 rings (SSSR count). The van der Waals surface area contributed by atoms with Crippen LogP contribution in [0.4, 0.5) is 25.0 Å². The van der Waals surface area contributed by atoms with Crippen LogP contribution in [0.2, 0.25) is 0 Å². The van der Waals surface area contributed by atoms with Gasteiger partial charge in [-0.3, -0.25) is 4.79 Å². The number of fused-ring (bicyclic) bond motifs is 1. The van der Waals surface area contributed by atoms with Crippen molar-refractivity contribution < 1.29 is 18.4 Å². The second-order valence-electron chi connectivity index (χ2n) is 7.47. The van der Waals surface area contributed by atoms with E-state index in [4.69, 9.17) is 0 Å². The van der Waals surface area contributed by atoms with Gasteiger partial charge in [0.05, 0.1) is 5.69 Å². The first-order valence-corrected chi connectivity index (χ1v) is 9.91. The number of hydrogen-bond acceptors (Lipinski definition) is 2. The van der Waals surface area contributed by atoms with Gasteiger partial charge in [0.1, 0.15) is 11.6 Å². The zero-order valence-electron chi connectivity index (χ0n) is 16.9. The molecule has 5 nitrogen and oxygen atoms in total. The Kier molecular flexibility index (Phi) is 5.66. The molecule has 0 saturated heterocycles. The smallest absolute Gasteiger partial charge is 0.319 e. The molecule has 3 amide bonds. The van der Waals surface area contributed by atoms with Gasteiger partial charge in [-0.05, 0) is 54.8 Å². The molecule has 3 aromatic carbocycles. The van der Waals surface area contributed by atoms with E-state index in [1.54, 1.807) is 11.0 Å². The summed E-state index contributed by atoms with van der Waals surface area (Å²) in [6.07, 6.45) is 0.764. The minimum atomic E-state index is -0.723. The van der Waals surface area contributed by atoms with Gasteiger partial charge >= 0.3 is 6.03 Å². The number of nitrogens with one attached hydrogen (secondary N) is 2. The highest BCUT2D eigenvalue weighted by Crippen LogP contribution is 2.30. The molecule has 3 aromatic rings. The molecule has 0 unspecified atom stereocenters. The average molecular weight is 421 g/mol. The van der Waals surface area contributed by atoms with Crippen molar-refractivity contribution in [3.8, 4) is 0 Å². The van der Waals surface area contributed by atoms with Crippen LogP contribution in [-0.2, 0) is 13.0 Å². The Morgan fingerprint density at radius 2 is 1.87 bits per heavy atom. The van der Waals surface area contributed by atoms with Crippen molar-refractivity contribution in [1.82, 2.24) is 5.32 Å². The lowest BCUT2D eigenvalue weighted by atomic mass is 10.1. The van der Waals surface area contributed by atoms with Crippen molar-refractivity contribution in [2.24, 2.45) is 0 Å². The summed E-state index contributed by atoms with van der Waals surface area (Å²) in [5.41, 5.74) is 4.09. The zero-order valence-corrected chi connectivity index (χ0v) is 16.9. The van der Waals surface area contributed by atoms with Crippen molar-refractivity contribution in [2.45, 2.75) is 19.9 Å². The molecule has 0 atom stereocenters. The number of urea groups is 1. The fourth-order valence-corrected chi connectivity index (χ4v) is 3.62. The SMILES string of the molecule is Cc1cccc(C(=O)N2CCc3ccc(CNC(=O)Nc4cc(F)ccc4F)cc32)c1. The first kappa shape index (κ1) is 20.5. The maximum absolute atomic E-state index is 13.7. The standard InChI is InChI=1S/C24H21F2N3O2/c1-15-3-2-4-18(11-15)23(30)29-10-9-17-6-5-16(12-22(17)29)14-27-24(31)28-21-13-19(25)7-8-20(21)26/h2-8,11-13H,9-10,14H2,1H3,(H2,27,28,31). The summed E-state index contributed by atoms with van der Waals surface area (Å²) in [6, 6.07) is 15.4. The minimum absolute atomic E-state index is 0.0631. The summed E-state index contributed by atoms with van der Waals surface area (Å²) in [4.78, 5) is 26.8. The number of halogens is 2. The highest BCUT2D eigenvalue weighted by molar-refractivity contribution is 6.07. The first-order chi connectivity index (χ1) is 14.9. The summed E-state index contributed by atoms with van der Waals surface area (Å²) in [6.45, 7) is 2.71. The number of benzene rings is 3. The van der Waals surface area contributed by atoms with Gasteiger partial charge in [-0.15, -0.1) is 0 Å². The molecule has 0 radical (unpaired) electrons. The first-order valence-electron chi connectivity index (χ1n) is 9.91. The lowest BCUT2D eigenvalue weighted by molar-refractivity contribution is 0.0989. The molecule has 7 heteroatoms. The van der Waals surface area contributed by atoms with Gasteiger partial charge in [-0.25, -0.2) is 13.6 Å². The molecule has 0 aromatic heterocycles. The molecule has 1 aliphatic rings. The summed E-state index contributed by atoms with van der Waals surface area (Å²) in [7, 11) is 0. The number of amides is 3. The van der Waals surface area contributed by atoms with E-state index in [9.17, 15) is 18.4 Å². The van der Waals surface area contributed by atoms with Crippen LogP contribution < -0.4 is 15.5 Å². The third-order valence-electron chi connectivity index (χ3n) is 5.19. The lowest BCUT2D eigenvalue weighted by Gasteiger charge is -2.18. The molecule has 0 fully saturated rings. The van der Waals surface area contributed by atoms with Gasteiger partial charge in [0.25, 0.3) is 5.91 Å². The normalized spacial score (nSPS) is 12.4. The largest absolute Gasteiger partial charge is 0.334 e. The third-order valence-corrected chi connectivity index (χ3v) is 5.19. The maximum atomic E-state index is 13.7. The van der Waals surface area contributed by atoms with Crippen LogP contribution in [0.3, 0.4) is 0 Å². The van der Waals surface area contributed by atoms with Crippen LogP contribution in [0.5, 0.6) is 0 Å². The molecule has 1 heterocycles. The maximum Gasteiger partial charge on any atom is 0.319 e. The number of anilines is 2. The molecule has 0 bridgehead atoms. The Morgan fingerprint density at radius 1 is 1.03 bits per heavy atom. The van der Waals surface area contributed by atoms with Crippen LogP contribution in [-0.4, -0.2) is 18.5 Å². The Labute approximate surface area is 178 Å². The summed E-state index contributed by atoms with van der Waals surface area (Å²) in [5.74, 6) is -1.43. The summed E-state index contributed by atoms with van der Waals surface area (Å²) >= 11 is 0. The van der Waals surface area contributed by atoms with E-state index in [1.165, 1.54) is 0 Å². The van der Waals surface area contributed by atoms with Crippen molar-refractivity contribution in [1.29, 1.82) is 0 Å². The van der Waals surface area contributed by atoms with Gasteiger partial charge in [0.2, 0.25) is 0 Å². The Bertz CT molecular complexity index is 1160. The molecule has 31 heavy (non-hydrogen) atoms. The van der Waals surface area contributed by atoms with Crippen molar-refractivity contribution in [2.75, 3.05) is 16.8 Å². The van der Waals surface area contributed by atoms with E-state index < -0.39 is 17.7 Å². The second kappa shape index (κ2) is 8.55. The van der Waals surface area contributed by atoms with Crippen LogP contribution in [0.25, 0.3) is 0 Å². The average Bonchev–Trinajstić information content (AvgIpc) is 3.17. The fourth-order valence-electron chi connectivity index (χ4n) is 3.62. The number of nitrogens with zero attached hydrogens (tertiary/aromatic N) is 1. The molecule has 2 N–H and O–H groups in total. The Morgan fingerprint density at radius 3 is 2.68 bits per heavy atom. The Balaban J connectivity index is 1.44. The molecule has 1 aliphatic heterocycles. The molecule has 158 valence electrons. The van der Waals surface area contributed by atoms with Gasteiger partial charge in [0.15, 0.2) is 0 Å². The highest BCUT2D eigenvalue weighted by Gasteiger charge is 2.26. The monoisotopic (exact) mass is 421 g/mol. The predicted molar refractivity (Wildman–Crippen MR) is 115 cm³/mol. The van der Waals surface area contributed by atoms with Crippen molar-refractivity contribution in [3.05, 3.63) is 94.6 Å². The number of hydrogen-bond donors (Lipinski definition) is 2. The van der Waals surface area contributed by atoms with Crippen LogP contribution in [0.15, 0.2) is 60.7 Å². The third kappa shape index (κ3) is 4.55. The number of carbonyl (C=O) groups excluding carboxylic acids is 2. The van der Waals surface area contributed by atoms with Gasteiger partial charge in [-0.2, -0.15) is 0 Å². The summed E-state index contributed by atoms with van der Waals surface area (Å²) in [5, 5.41) is 4.92. The molecule has 0 saturated carbocycles. The van der Waals surface area contributed by atoms with E-state index in [-0.39, 0.29) is 18.1 Å².